The molecule has 0 radical (unpaired) electrons. The monoisotopic (exact) mass is 383 g/mol. The van der Waals surface area contributed by atoms with Gasteiger partial charge in [0.1, 0.15) is 13.7 Å². The van der Waals surface area contributed by atoms with Crippen LogP contribution >= 0.6 is 0 Å². The number of nitrogens with zero attached hydrogens (tertiary/aromatic N) is 2. The van der Waals surface area contributed by atoms with Crippen molar-refractivity contribution in [2.45, 2.75) is 18.8 Å². The largest absolute Gasteiger partial charge is 0.477 e. The summed E-state index contributed by atoms with van der Waals surface area (Å²) in [5.74, 6) is 0.961. The molecule has 0 amide bonds. The second-order valence-corrected chi connectivity index (χ2v) is 8.37. The quantitative estimate of drug-likeness (QED) is 0.600. The third kappa shape index (κ3) is 2.84. The number of hydrogen-bond donors (Lipinski definition) is 0. The summed E-state index contributed by atoms with van der Waals surface area (Å²) in [7, 11) is 4.29. The minimum absolute atomic E-state index is 0.147. The first kappa shape index (κ1) is 18.0. The van der Waals surface area contributed by atoms with Crippen molar-refractivity contribution in [2.75, 3.05) is 27.2 Å². The van der Waals surface area contributed by atoms with E-state index in [4.69, 9.17) is 4.74 Å². The molecule has 1 saturated heterocycles. The molecule has 2 heterocycles. The van der Waals surface area contributed by atoms with Crippen molar-refractivity contribution in [3.05, 3.63) is 89.8 Å². The highest BCUT2D eigenvalue weighted by Crippen LogP contribution is 2.46. The molecular formula is C26H27N2O+. The van der Waals surface area contributed by atoms with E-state index in [1.807, 2.05) is 0 Å². The molecule has 3 aromatic carbocycles. The van der Waals surface area contributed by atoms with Crippen molar-refractivity contribution in [3.63, 3.8) is 0 Å². The molecule has 3 aromatic rings. The number of rotatable bonds is 3. The van der Waals surface area contributed by atoms with E-state index in [1.165, 1.54) is 33.3 Å². The van der Waals surface area contributed by atoms with E-state index in [1.54, 1.807) is 0 Å². The number of fused-ring (bicyclic) bond motifs is 3. The second kappa shape index (κ2) is 6.77. The van der Waals surface area contributed by atoms with Gasteiger partial charge in [-0.05, 0) is 35.7 Å². The van der Waals surface area contributed by atoms with Crippen LogP contribution in [-0.4, -0.2) is 42.4 Å². The lowest BCUT2D eigenvalue weighted by Gasteiger charge is -2.24. The lowest BCUT2D eigenvalue weighted by Crippen LogP contribution is -2.34. The molecule has 0 bridgehead atoms. The molecule has 2 aliphatic rings. The van der Waals surface area contributed by atoms with E-state index >= 15 is 0 Å². The number of benzene rings is 3. The molecule has 0 N–H and O–H groups in total. The standard InChI is InChI=1S/C26H27N2O/c1-26(18-19-9-5-4-6-10-19)23(17-24-27(2)15-16-29-24)28(3)22-14-13-20-11-7-8-12-21(20)25(22)26/h4-14,17H,15-16,18H2,1-3H3/q+1. The summed E-state index contributed by atoms with van der Waals surface area (Å²) in [5, 5.41) is 2.63. The molecule has 3 heteroatoms. The summed E-state index contributed by atoms with van der Waals surface area (Å²) >= 11 is 0. The lowest BCUT2D eigenvalue weighted by molar-refractivity contribution is -0.401. The number of likely N-dealkylation sites (N-methyl/N-ethyl adjacent to an activating group) is 1. The van der Waals surface area contributed by atoms with Crippen LogP contribution in [0.4, 0.5) is 5.69 Å². The molecule has 146 valence electrons. The molecule has 1 atom stereocenters. The van der Waals surface area contributed by atoms with Gasteiger partial charge in [-0.3, -0.25) is 0 Å². The normalized spacial score (nSPS) is 22.4. The Labute approximate surface area is 172 Å². The van der Waals surface area contributed by atoms with E-state index in [-0.39, 0.29) is 5.41 Å². The van der Waals surface area contributed by atoms with Crippen molar-refractivity contribution in [1.29, 1.82) is 0 Å². The van der Waals surface area contributed by atoms with Crippen molar-refractivity contribution in [2.24, 2.45) is 0 Å². The van der Waals surface area contributed by atoms with Gasteiger partial charge >= 0.3 is 0 Å². The van der Waals surface area contributed by atoms with E-state index in [9.17, 15) is 0 Å². The van der Waals surface area contributed by atoms with Crippen LogP contribution in [0.2, 0.25) is 0 Å². The summed E-state index contributed by atoms with van der Waals surface area (Å²) in [6.07, 6.45) is 3.20. The Morgan fingerprint density at radius 3 is 2.55 bits per heavy atom. The zero-order chi connectivity index (χ0) is 20.0. The molecule has 0 saturated carbocycles. The van der Waals surface area contributed by atoms with Gasteiger partial charge in [-0.15, -0.1) is 0 Å². The van der Waals surface area contributed by atoms with Crippen LogP contribution in [0.5, 0.6) is 0 Å². The number of ether oxygens (including phenoxy) is 1. The van der Waals surface area contributed by atoms with Crippen LogP contribution in [0.25, 0.3) is 10.8 Å². The summed E-state index contributed by atoms with van der Waals surface area (Å²) in [6.45, 7) is 4.08. The predicted octanol–water partition coefficient (Wildman–Crippen LogP) is 4.87. The predicted molar refractivity (Wildman–Crippen MR) is 119 cm³/mol. The SMILES string of the molecule is CN1CCO/C1=C\C1=[N+](C)c2ccc3ccccc3c2C1(C)Cc1ccccc1. The van der Waals surface area contributed by atoms with Crippen molar-refractivity contribution >= 4 is 22.2 Å². The second-order valence-electron chi connectivity index (χ2n) is 8.37. The first-order valence-electron chi connectivity index (χ1n) is 10.3. The molecule has 1 fully saturated rings. The van der Waals surface area contributed by atoms with Gasteiger partial charge in [0.2, 0.25) is 5.69 Å². The average Bonchev–Trinajstić information content (AvgIpc) is 3.23. The zero-order valence-corrected chi connectivity index (χ0v) is 17.4. The van der Waals surface area contributed by atoms with Gasteiger partial charge in [0.15, 0.2) is 11.6 Å². The minimum Gasteiger partial charge on any atom is -0.477 e. The number of hydrogen-bond acceptors (Lipinski definition) is 2. The van der Waals surface area contributed by atoms with Gasteiger partial charge in [0, 0.05) is 18.7 Å². The van der Waals surface area contributed by atoms with Gasteiger partial charge in [-0.2, -0.15) is 4.58 Å². The Balaban J connectivity index is 1.75. The van der Waals surface area contributed by atoms with Crippen molar-refractivity contribution < 1.29 is 9.31 Å². The van der Waals surface area contributed by atoms with E-state index in [0.29, 0.717) is 0 Å². The first-order chi connectivity index (χ1) is 14.1. The highest BCUT2D eigenvalue weighted by molar-refractivity contribution is 6.08. The van der Waals surface area contributed by atoms with Crippen LogP contribution < -0.4 is 0 Å². The maximum absolute atomic E-state index is 5.94. The Kier molecular flexibility index (Phi) is 4.20. The van der Waals surface area contributed by atoms with E-state index < -0.39 is 0 Å². The average molecular weight is 384 g/mol. The molecule has 1 unspecified atom stereocenters. The first-order valence-corrected chi connectivity index (χ1v) is 10.3. The molecule has 2 aliphatic heterocycles. The molecule has 0 spiro atoms. The van der Waals surface area contributed by atoms with Crippen LogP contribution in [0.3, 0.4) is 0 Å². The summed E-state index contributed by atoms with van der Waals surface area (Å²) in [4.78, 5) is 2.20. The summed E-state index contributed by atoms with van der Waals surface area (Å²) < 4.78 is 8.30. The summed E-state index contributed by atoms with van der Waals surface area (Å²) in [6, 6.07) is 24.1. The Morgan fingerprint density at radius 2 is 1.79 bits per heavy atom. The fraction of sp³-hybridized carbons (Fsp3) is 0.269. The zero-order valence-electron chi connectivity index (χ0n) is 17.4. The maximum Gasteiger partial charge on any atom is 0.210 e. The fourth-order valence-corrected chi connectivity index (χ4v) is 4.96. The van der Waals surface area contributed by atoms with Crippen LogP contribution in [0.1, 0.15) is 18.1 Å². The van der Waals surface area contributed by atoms with E-state index in [2.05, 4.69) is 103 Å². The highest BCUT2D eigenvalue weighted by Gasteiger charge is 2.48. The molecule has 0 aromatic heterocycles. The molecule has 5 rings (SSSR count). The Bertz CT molecular complexity index is 1150. The molecular weight excluding hydrogens is 356 g/mol. The van der Waals surface area contributed by atoms with Crippen LogP contribution in [0, 0.1) is 0 Å². The molecule has 29 heavy (non-hydrogen) atoms. The van der Waals surface area contributed by atoms with Crippen LogP contribution in [0.15, 0.2) is 78.7 Å². The van der Waals surface area contributed by atoms with Crippen molar-refractivity contribution in [1.82, 2.24) is 4.90 Å². The summed E-state index contributed by atoms with van der Waals surface area (Å²) in [5.41, 5.74) is 5.19. The topological polar surface area (TPSA) is 15.5 Å². The van der Waals surface area contributed by atoms with Gasteiger partial charge in [0.05, 0.1) is 18.0 Å². The van der Waals surface area contributed by atoms with Gasteiger partial charge in [-0.1, -0.05) is 54.6 Å². The molecule has 0 aliphatic carbocycles. The van der Waals surface area contributed by atoms with E-state index in [0.717, 1.165) is 25.5 Å². The minimum atomic E-state index is -0.147. The third-order valence-electron chi connectivity index (χ3n) is 6.46. The highest BCUT2D eigenvalue weighted by atomic mass is 16.5. The van der Waals surface area contributed by atoms with Gasteiger partial charge < -0.3 is 9.64 Å². The Hall–Kier alpha value is -3.07. The number of allylic oxidation sites excluding steroid dienone is 1. The van der Waals surface area contributed by atoms with Gasteiger partial charge in [0.25, 0.3) is 0 Å². The van der Waals surface area contributed by atoms with Gasteiger partial charge in [-0.25, -0.2) is 0 Å². The maximum atomic E-state index is 5.94. The Morgan fingerprint density at radius 1 is 1.03 bits per heavy atom. The molecule has 3 nitrogen and oxygen atoms in total. The van der Waals surface area contributed by atoms with Crippen molar-refractivity contribution in [3.8, 4) is 0 Å². The lowest BCUT2D eigenvalue weighted by atomic mass is 9.73. The van der Waals surface area contributed by atoms with Crippen LogP contribution in [-0.2, 0) is 16.6 Å². The smallest absolute Gasteiger partial charge is 0.210 e. The fourth-order valence-electron chi connectivity index (χ4n) is 4.96. The third-order valence-corrected chi connectivity index (χ3v) is 6.46.